The van der Waals surface area contributed by atoms with Gasteiger partial charge in [-0.3, -0.25) is 4.79 Å². The molecule has 0 saturated carbocycles. The second-order valence-corrected chi connectivity index (χ2v) is 4.50. The number of hydrogen-bond acceptors (Lipinski definition) is 2. The fourth-order valence-corrected chi connectivity index (χ4v) is 1.96. The van der Waals surface area contributed by atoms with E-state index < -0.39 is 6.04 Å². The summed E-state index contributed by atoms with van der Waals surface area (Å²) in [4.78, 5) is 11.3. The molecule has 1 heterocycles. The van der Waals surface area contributed by atoms with Crippen molar-refractivity contribution in [2.75, 3.05) is 6.54 Å². The van der Waals surface area contributed by atoms with Crippen molar-refractivity contribution in [3.05, 3.63) is 36.5 Å². The van der Waals surface area contributed by atoms with Gasteiger partial charge in [0.25, 0.3) is 0 Å². The Morgan fingerprint density at radius 3 is 2.94 bits per heavy atom. The van der Waals surface area contributed by atoms with Crippen LogP contribution in [0.2, 0.25) is 0 Å². The predicted octanol–water partition coefficient (Wildman–Crippen LogP) is 1.49. The van der Waals surface area contributed by atoms with E-state index >= 15 is 0 Å². The maximum absolute atomic E-state index is 11.3. The third-order valence-corrected chi connectivity index (χ3v) is 2.97. The lowest BCUT2D eigenvalue weighted by atomic mass is 10.2. The lowest BCUT2D eigenvalue weighted by Crippen LogP contribution is -2.38. The zero-order valence-electron chi connectivity index (χ0n) is 10.6. The second kappa shape index (κ2) is 5.69. The minimum absolute atomic E-state index is 0.0904. The largest absolute Gasteiger partial charge is 0.355 e. The SMILES string of the molecule is C[C@H](N)C(=O)NCCCn1ccc2ccccc21. The molecule has 0 fully saturated rings. The quantitative estimate of drug-likeness (QED) is 0.784. The number of fused-ring (bicyclic) bond motifs is 1. The first-order valence-corrected chi connectivity index (χ1v) is 6.25. The molecule has 2 rings (SSSR count). The second-order valence-electron chi connectivity index (χ2n) is 4.50. The summed E-state index contributed by atoms with van der Waals surface area (Å²) < 4.78 is 2.20. The lowest BCUT2D eigenvalue weighted by molar-refractivity contribution is -0.121. The Labute approximate surface area is 107 Å². The van der Waals surface area contributed by atoms with Crippen molar-refractivity contribution in [3.8, 4) is 0 Å². The van der Waals surface area contributed by atoms with Crippen molar-refractivity contribution in [1.29, 1.82) is 0 Å². The number of amides is 1. The summed E-state index contributed by atoms with van der Waals surface area (Å²) in [5.74, 6) is -0.0904. The van der Waals surface area contributed by atoms with E-state index in [0.29, 0.717) is 6.54 Å². The molecular weight excluding hydrogens is 226 g/mol. The Hall–Kier alpha value is -1.81. The number of rotatable bonds is 5. The van der Waals surface area contributed by atoms with Crippen molar-refractivity contribution < 1.29 is 4.79 Å². The first-order valence-electron chi connectivity index (χ1n) is 6.25. The molecule has 0 saturated heterocycles. The Morgan fingerprint density at radius 2 is 2.17 bits per heavy atom. The normalized spacial score (nSPS) is 12.6. The van der Waals surface area contributed by atoms with Crippen LogP contribution in [0.3, 0.4) is 0 Å². The summed E-state index contributed by atoms with van der Waals surface area (Å²) in [7, 11) is 0. The van der Waals surface area contributed by atoms with Gasteiger partial charge in [-0.05, 0) is 30.9 Å². The highest BCUT2D eigenvalue weighted by Gasteiger charge is 2.05. The van der Waals surface area contributed by atoms with E-state index in [2.05, 4.69) is 34.3 Å². The molecule has 0 spiro atoms. The van der Waals surface area contributed by atoms with Gasteiger partial charge in [-0.15, -0.1) is 0 Å². The van der Waals surface area contributed by atoms with Crippen LogP contribution in [0.4, 0.5) is 0 Å². The third kappa shape index (κ3) is 2.90. The van der Waals surface area contributed by atoms with Crippen molar-refractivity contribution in [2.45, 2.75) is 25.9 Å². The third-order valence-electron chi connectivity index (χ3n) is 2.97. The van der Waals surface area contributed by atoms with Crippen LogP contribution in [-0.2, 0) is 11.3 Å². The van der Waals surface area contributed by atoms with E-state index in [9.17, 15) is 4.79 Å². The number of hydrogen-bond donors (Lipinski definition) is 2. The van der Waals surface area contributed by atoms with Crippen molar-refractivity contribution in [3.63, 3.8) is 0 Å². The Morgan fingerprint density at radius 1 is 1.39 bits per heavy atom. The summed E-state index contributed by atoms with van der Waals surface area (Å²) in [6, 6.07) is 9.96. The van der Waals surface area contributed by atoms with Crippen LogP contribution >= 0.6 is 0 Å². The van der Waals surface area contributed by atoms with Gasteiger partial charge in [0.2, 0.25) is 5.91 Å². The molecule has 1 aromatic heterocycles. The van der Waals surface area contributed by atoms with Gasteiger partial charge in [0.05, 0.1) is 6.04 Å². The minimum atomic E-state index is -0.433. The van der Waals surface area contributed by atoms with Crippen molar-refractivity contribution in [2.24, 2.45) is 5.73 Å². The summed E-state index contributed by atoms with van der Waals surface area (Å²) in [6.07, 6.45) is 2.98. The van der Waals surface area contributed by atoms with Crippen LogP contribution in [0.25, 0.3) is 10.9 Å². The maximum atomic E-state index is 11.3. The molecule has 4 nitrogen and oxygen atoms in total. The van der Waals surface area contributed by atoms with Crippen LogP contribution < -0.4 is 11.1 Å². The summed E-state index contributed by atoms with van der Waals surface area (Å²) in [5, 5.41) is 4.06. The Bertz CT molecular complexity index is 531. The molecule has 1 amide bonds. The number of benzene rings is 1. The molecule has 18 heavy (non-hydrogen) atoms. The van der Waals surface area contributed by atoms with Crippen LogP contribution in [0, 0.1) is 0 Å². The molecule has 2 aromatic rings. The number of carbonyl (C=O) groups excluding carboxylic acids is 1. The standard InChI is InChI=1S/C14H19N3O/c1-11(15)14(18)16-8-4-9-17-10-7-12-5-2-3-6-13(12)17/h2-3,5-7,10-11H,4,8-9,15H2,1H3,(H,16,18)/t11-/m0/s1. The van der Waals surface area contributed by atoms with Crippen molar-refractivity contribution >= 4 is 16.8 Å². The molecule has 0 unspecified atom stereocenters. The lowest BCUT2D eigenvalue weighted by Gasteiger charge is -2.08. The van der Waals surface area contributed by atoms with Gasteiger partial charge in [0, 0.05) is 24.8 Å². The number of para-hydroxylation sites is 1. The highest BCUT2D eigenvalue weighted by molar-refractivity contribution is 5.81. The van der Waals surface area contributed by atoms with E-state index in [0.717, 1.165) is 13.0 Å². The highest BCUT2D eigenvalue weighted by atomic mass is 16.2. The van der Waals surface area contributed by atoms with E-state index in [1.54, 1.807) is 6.92 Å². The molecule has 0 aliphatic rings. The molecule has 96 valence electrons. The Kier molecular flexibility index (Phi) is 3.99. The van der Waals surface area contributed by atoms with Crippen molar-refractivity contribution in [1.82, 2.24) is 9.88 Å². The zero-order valence-corrected chi connectivity index (χ0v) is 10.6. The van der Waals surface area contributed by atoms with Crippen LogP contribution in [-0.4, -0.2) is 23.1 Å². The average molecular weight is 245 g/mol. The molecule has 1 aromatic carbocycles. The predicted molar refractivity (Wildman–Crippen MR) is 73.2 cm³/mol. The number of nitrogens with zero attached hydrogens (tertiary/aromatic N) is 1. The van der Waals surface area contributed by atoms with E-state index in [-0.39, 0.29) is 5.91 Å². The van der Waals surface area contributed by atoms with Gasteiger partial charge in [-0.2, -0.15) is 0 Å². The molecule has 0 radical (unpaired) electrons. The fraction of sp³-hybridized carbons (Fsp3) is 0.357. The van der Waals surface area contributed by atoms with Gasteiger partial charge >= 0.3 is 0 Å². The van der Waals surface area contributed by atoms with Gasteiger partial charge in [0.1, 0.15) is 0 Å². The number of aromatic nitrogens is 1. The van der Waals surface area contributed by atoms with Gasteiger partial charge in [0.15, 0.2) is 0 Å². The first-order chi connectivity index (χ1) is 8.68. The van der Waals surface area contributed by atoms with E-state index in [1.165, 1.54) is 10.9 Å². The van der Waals surface area contributed by atoms with E-state index in [1.807, 2.05) is 12.1 Å². The Balaban J connectivity index is 1.85. The molecule has 0 aliphatic heterocycles. The van der Waals surface area contributed by atoms with Gasteiger partial charge in [-0.25, -0.2) is 0 Å². The summed E-state index contributed by atoms with van der Waals surface area (Å²) in [6.45, 7) is 3.24. The molecular formula is C14H19N3O. The molecule has 4 heteroatoms. The number of carbonyl (C=O) groups is 1. The smallest absolute Gasteiger partial charge is 0.236 e. The van der Waals surface area contributed by atoms with Gasteiger partial charge in [-0.1, -0.05) is 18.2 Å². The van der Waals surface area contributed by atoms with Gasteiger partial charge < -0.3 is 15.6 Å². The molecule has 3 N–H and O–H groups in total. The number of nitrogens with two attached hydrogens (primary N) is 1. The summed E-state index contributed by atoms with van der Waals surface area (Å²) >= 11 is 0. The monoisotopic (exact) mass is 245 g/mol. The molecule has 0 bridgehead atoms. The summed E-state index contributed by atoms with van der Waals surface area (Å²) in [5.41, 5.74) is 6.70. The zero-order chi connectivity index (χ0) is 13.0. The van der Waals surface area contributed by atoms with E-state index in [4.69, 9.17) is 5.73 Å². The minimum Gasteiger partial charge on any atom is -0.355 e. The molecule has 0 aliphatic carbocycles. The number of aryl methyl sites for hydroxylation is 1. The maximum Gasteiger partial charge on any atom is 0.236 e. The fourth-order valence-electron chi connectivity index (χ4n) is 1.96. The highest BCUT2D eigenvalue weighted by Crippen LogP contribution is 2.15. The van der Waals surface area contributed by atoms with Crippen LogP contribution in [0.5, 0.6) is 0 Å². The average Bonchev–Trinajstić information content (AvgIpc) is 2.77. The topological polar surface area (TPSA) is 60.1 Å². The first kappa shape index (κ1) is 12.6. The van der Waals surface area contributed by atoms with Crippen LogP contribution in [0.15, 0.2) is 36.5 Å². The number of nitrogens with one attached hydrogen (secondary N) is 1. The molecule has 1 atom stereocenters. The van der Waals surface area contributed by atoms with Crippen LogP contribution in [0.1, 0.15) is 13.3 Å².